The van der Waals surface area contributed by atoms with E-state index in [0.717, 1.165) is 69.8 Å². The Balaban J connectivity index is 1.58. The summed E-state index contributed by atoms with van der Waals surface area (Å²) in [6.45, 7) is 10.4. The number of carbonyl (C=O) groups excluding carboxylic acids is 1. The molecule has 2 aliphatic rings. The van der Waals surface area contributed by atoms with Gasteiger partial charge in [-0.1, -0.05) is 13.0 Å². The SMILES string of the molecule is CCCN1CCCC2(CCCN2CCOc2cccc(OC(C)C)c2)C1=O. The lowest BCUT2D eigenvalue weighted by molar-refractivity contribution is -0.147. The number of benzene rings is 1. The number of amides is 1. The van der Waals surface area contributed by atoms with Gasteiger partial charge in [-0.15, -0.1) is 0 Å². The molecule has 1 amide bonds. The van der Waals surface area contributed by atoms with Gasteiger partial charge in [0.15, 0.2) is 0 Å². The van der Waals surface area contributed by atoms with Gasteiger partial charge >= 0.3 is 0 Å². The van der Waals surface area contributed by atoms with Gasteiger partial charge in [0.25, 0.3) is 0 Å². The van der Waals surface area contributed by atoms with Gasteiger partial charge in [-0.3, -0.25) is 9.69 Å². The molecule has 1 aromatic rings. The van der Waals surface area contributed by atoms with Gasteiger partial charge in [0.1, 0.15) is 23.6 Å². The Kier molecular flexibility index (Phi) is 6.64. The minimum absolute atomic E-state index is 0.146. The van der Waals surface area contributed by atoms with Crippen LogP contribution in [-0.2, 0) is 4.79 Å². The van der Waals surface area contributed by atoms with Crippen molar-refractivity contribution in [1.29, 1.82) is 0 Å². The molecule has 1 spiro atoms. The molecule has 150 valence electrons. The highest BCUT2D eigenvalue weighted by molar-refractivity contribution is 5.87. The van der Waals surface area contributed by atoms with Crippen LogP contribution in [0.3, 0.4) is 0 Å². The molecule has 1 unspecified atom stereocenters. The van der Waals surface area contributed by atoms with Crippen LogP contribution in [0.25, 0.3) is 0 Å². The zero-order valence-electron chi connectivity index (χ0n) is 17.1. The molecule has 5 heteroatoms. The second-order valence-corrected chi connectivity index (χ2v) is 8.01. The number of piperidine rings is 1. The molecule has 2 heterocycles. The Morgan fingerprint density at radius 3 is 2.59 bits per heavy atom. The normalized spacial score (nSPS) is 23.4. The molecule has 2 saturated heterocycles. The van der Waals surface area contributed by atoms with E-state index in [0.29, 0.717) is 12.5 Å². The average molecular weight is 375 g/mol. The van der Waals surface area contributed by atoms with Crippen LogP contribution >= 0.6 is 0 Å². The molecule has 0 aromatic heterocycles. The minimum Gasteiger partial charge on any atom is -0.492 e. The summed E-state index contributed by atoms with van der Waals surface area (Å²) in [6, 6.07) is 7.80. The summed E-state index contributed by atoms with van der Waals surface area (Å²) >= 11 is 0. The molecular formula is C22H34N2O3. The molecular weight excluding hydrogens is 340 g/mol. The molecule has 0 aliphatic carbocycles. The van der Waals surface area contributed by atoms with Crippen molar-refractivity contribution >= 4 is 5.91 Å². The fraction of sp³-hybridized carbons (Fsp3) is 0.682. The largest absolute Gasteiger partial charge is 0.492 e. The predicted molar refractivity (Wildman–Crippen MR) is 107 cm³/mol. The van der Waals surface area contributed by atoms with Gasteiger partial charge in [0.2, 0.25) is 5.91 Å². The first-order chi connectivity index (χ1) is 13.0. The molecule has 0 radical (unpaired) electrons. The van der Waals surface area contributed by atoms with Crippen molar-refractivity contribution < 1.29 is 14.3 Å². The average Bonchev–Trinajstić information content (AvgIpc) is 3.03. The van der Waals surface area contributed by atoms with Crippen molar-refractivity contribution in [1.82, 2.24) is 9.80 Å². The number of ether oxygens (including phenoxy) is 2. The summed E-state index contributed by atoms with van der Waals surface area (Å²) in [5.41, 5.74) is -0.278. The molecule has 0 bridgehead atoms. The molecule has 0 N–H and O–H groups in total. The molecule has 1 atom stereocenters. The van der Waals surface area contributed by atoms with E-state index >= 15 is 0 Å². The Hall–Kier alpha value is -1.75. The molecule has 27 heavy (non-hydrogen) atoms. The molecule has 2 fully saturated rings. The van der Waals surface area contributed by atoms with Gasteiger partial charge in [0, 0.05) is 25.7 Å². The highest BCUT2D eigenvalue weighted by atomic mass is 16.5. The van der Waals surface area contributed by atoms with E-state index in [4.69, 9.17) is 9.47 Å². The molecule has 5 nitrogen and oxygen atoms in total. The number of nitrogens with zero attached hydrogens (tertiary/aromatic N) is 2. The van der Waals surface area contributed by atoms with Gasteiger partial charge in [-0.25, -0.2) is 0 Å². The van der Waals surface area contributed by atoms with Crippen LogP contribution in [-0.4, -0.2) is 60.1 Å². The topological polar surface area (TPSA) is 42.0 Å². The molecule has 2 aliphatic heterocycles. The van der Waals surface area contributed by atoms with Crippen LogP contribution in [0.2, 0.25) is 0 Å². The standard InChI is InChI=1S/C22H34N2O3/c1-4-12-23-13-6-10-22(21(23)25)11-7-14-24(22)15-16-26-19-8-5-9-20(17-19)27-18(2)3/h5,8-9,17-18H,4,6-7,10-16H2,1-3H3. The smallest absolute Gasteiger partial charge is 0.243 e. The van der Waals surface area contributed by atoms with Crippen molar-refractivity contribution in [2.24, 2.45) is 0 Å². The fourth-order valence-electron chi connectivity index (χ4n) is 4.52. The van der Waals surface area contributed by atoms with Crippen molar-refractivity contribution in [3.63, 3.8) is 0 Å². The van der Waals surface area contributed by atoms with Crippen LogP contribution in [0, 0.1) is 0 Å². The summed E-state index contributed by atoms with van der Waals surface area (Å²) in [6.07, 6.45) is 5.36. The summed E-state index contributed by atoms with van der Waals surface area (Å²) < 4.78 is 11.7. The first-order valence-electron chi connectivity index (χ1n) is 10.5. The van der Waals surface area contributed by atoms with Gasteiger partial charge in [-0.2, -0.15) is 0 Å². The van der Waals surface area contributed by atoms with Crippen LogP contribution in [0.15, 0.2) is 24.3 Å². The van der Waals surface area contributed by atoms with E-state index < -0.39 is 0 Å². The first kappa shape index (κ1) is 20.0. The van der Waals surface area contributed by atoms with Crippen molar-refractivity contribution in [2.75, 3.05) is 32.8 Å². The van der Waals surface area contributed by atoms with Crippen molar-refractivity contribution in [3.05, 3.63) is 24.3 Å². The third-order valence-electron chi connectivity index (χ3n) is 5.63. The van der Waals surface area contributed by atoms with E-state index in [-0.39, 0.29) is 11.6 Å². The van der Waals surface area contributed by atoms with E-state index in [1.54, 1.807) is 0 Å². The van der Waals surface area contributed by atoms with Gasteiger partial charge in [0.05, 0.1) is 6.10 Å². The van der Waals surface area contributed by atoms with E-state index in [2.05, 4.69) is 16.7 Å². The molecule has 0 saturated carbocycles. The Morgan fingerprint density at radius 1 is 1.11 bits per heavy atom. The number of likely N-dealkylation sites (tertiary alicyclic amines) is 2. The van der Waals surface area contributed by atoms with E-state index in [9.17, 15) is 4.79 Å². The lowest BCUT2D eigenvalue weighted by Gasteiger charge is -2.44. The van der Waals surface area contributed by atoms with E-state index in [1.165, 1.54) is 0 Å². The first-order valence-corrected chi connectivity index (χ1v) is 10.5. The van der Waals surface area contributed by atoms with Gasteiger partial charge in [-0.05, 0) is 64.6 Å². The van der Waals surface area contributed by atoms with Crippen LogP contribution in [0.5, 0.6) is 11.5 Å². The van der Waals surface area contributed by atoms with Crippen LogP contribution in [0.4, 0.5) is 0 Å². The number of hydrogen-bond donors (Lipinski definition) is 0. The zero-order chi connectivity index (χ0) is 19.3. The second-order valence-electron chi connectivity index (χ2n) is 8.01. The van der Waals surface area contributed by atoms with Gasteiger partial charge < -0.3 is 14.4 Å². The van der Waals surface area contributed by atoms with Crippen LogP contribution < -0.4 is 9.47 Å². The lowest BCUT2D eigenvalue weighted by atomic mass is 9.85. The summed E-state index contributed by atoms with van der Waals surface area (Å²) in [5.74, 6) is 2.00. The fourth-order valence-corrected chi connectivity index (χ4v) is 4.52. The highest BCUT2D eigenvalue weighted by Crippen LogP contribution is 2.38. The summed E-state index contributed by atoms with van der Waals surface area (Å²) in [5, 5.41) is 0. The number of carbonyl (C=O) groups is 1. The Morgan fingerprint density at radius 2 is 1.85 bits per heavy atom. The quantitative estimate of drug-likeness (QED) is 0.695. The Bertz CT molecular complexity index is 632. The van der Waals surface area contributed by atoms with Crippen LogP contribution in [0.1, 0.15) is 52.9 Å². The second kappa shape index (κ2) is 8.96. The number of rotatable bonds is 8. The zero-order valence-corrected chi connectivity index (χ0v) is 17.1. The highest BCUT2D eigenvalue weighted by Gasteiger charge is 2.50. The maximum Gasteiger partial charge on any atom is 0.243 e. The molecule has 1 aromatic carbocycles. The maximum absolute atomic E-state index is 13.2. The maximum atomic E-state index is 13.2. The predicted octanol–water partition coefficient (Wildman–Crippen LogP) is 3.72. The third-order valence-corrected chi connectivity index (χ3v) is 5.63. The minimum atomic E-state index is -0.278. The summed E-state index contributed by atoms with van der Waals surface area (Å²) in [4.78, 5) is 17.6. The Labute approximate surface area is 163 Å². The van der Waals surface area contributed by atoms with Crippen molar-refractivity contribution in [2.45, 2.75) is 64.5 Å². The monoisotopic (exact) mass is 374 g/mol. The number of hydrogen-bond acceptors (Lipinski definition) is 4. The van der Waals surface area contributed by atoms with E-state index in [1.807, 2.05) is 38.1 Å². The third kappa shape index (κ3) is 4.57. The lowest BCUT2D eigenvalue weighted by Crippen LogP contribution is -2.60. The van der Waals surface area contributed by atoms with Crippen molar-refractivity contribution in [3.8, 4) is 11.5 Å². The molecule has 3 rings (SSSR count). The summed E-state index contributed by atoms with van der Waals surface area (Å²) in [7, 11) is 0.